The zero-order chi connectivity index (χ0) is 11.9. The van der Waals surface area contributed by atoms with Crippen molar-refractivity contribution in [3.05, 3.63) is 0 Å². The van der Waals surface area contributed by atoms with Crippen LogP contribution in [0.25, 0.3) is 0 Å². The molecule has 2 aliphatic rings. The first-order valence-corrected chi connectivity index (χ1v) is 5.39. The van der Waals surface area contributed by atoms with Crippen molar-refractivity contribution in [2.24, 2.45) is 5.92 Å². The van der Waals surface area contributed by atoms with Crippen molar-refractivity contribution in [1.82, 2.24) is 9.96 Å². The van der Waals surface area contributed by atoms with Gasteiger partial charge in [0.15, 0.2) is 0 Å². The number of carbonyl (C=O) groups is 2. The van der Waals surface area contributed by atoms with E-state index >= 15 is 0 Å². The largest absolute Gasteiger partial charge is 0.465 e. The number of rotatable bonds is 2. The molecule has 1 saturated heterocycles. The molecule has 2 fully saturated rings. The fourth-order valence-corrected chi connectivity index (χ4v) is 2.86. The van der Waals surface area contributed by atoms with Gasteiger partial charge in [-0.15, -0.1) is 0 Å². The van der Waals surface area contributed by atoms with E-state index in [0.717, 1.165) is 24.3 Å². The maximum absolute atomic E-state index is 12.0. The summed E-state index contributed by atoms with van der Waals surface area (Å²) in [5.74, 6) is -0.108. The second-order valence-corrected chi connectivity index (χ2v) is 4.38. The minimum Gasteiger partial charge on any atom is -0.465 e. The van der Waals surface area contributed by atoms with E-state index < -0.39 is 12.1 Å². The highest BCUT2D eigenvalue weighted by Gasteiger charge is 2.52. The van der Waals surface area contributed by atoms with Crippen molar-refractivity contribution in [2.75, 3.05) is 14.2 Å². The first kappa shape index (κ1) is 11.2. The molecule has 6 nitrogen and oxygen atoms in total. The number of fused-ring (bicyclic) bond motifs is 2. The Hall–Kier alpha value is -1.30. The molecule has 2 bridgehead atoms. The molecule has 1 saturated carbocycles. The van der Waals surface area contributed by atoms with Crippen molar-refractivity contribution in [3.8, 4) is 0 Å². The normalized spacial score (nSPS) is 31.9. The molecule has 16 heavy (non-hydrogen) atoms. The Labute approximate surface area is 93.7 Å². The van der Waals surface area contributed by atoms with E-state index in [1.54, 1.807) is 0 Å². The molecule has 1 aliphatic carbocycles. The third-order valence-corrected chi connectivity index (χ3v) is 3.64. The molecular formula is C10H16N2O4. The molecule has 3 atom stereocenters. The summed E-state index contributed by atoms with van der Waals surface area (Å²) in [6.07, 6.45) is 1.61. The van der Waals surface area contributed by atoms with Crippen LogP contribution in [0.1, 0.15) is 19.3 Å². The molecule has 2 amide bonds. The predicted octanol–water partition coefficient (Wildman–Crippen LogP) is 0.537. The van der Waals surface area contributed by atoms with Gasteiger partial charge in [0.25, 0.3) is 5.91 Å². The van der Waals surface area contributed by atoms with Crippen LogP contribution in [-0.2, 0) is 9.63 Å². The summed E-state index contributed by atoms with van der Waals surface area (Å²) in [6, 6.07) is -0.539. The number of hydrogen-bond donors (Lipinski definition) is 1. The van der Waals surface area contributed by atoms with Crippen LogP contribution in [0.3, 0.4) is 0 Å². The highest BCUT2D eigenvalue weighted by atomic mass is 16.7. The van der Waals surface area contributed by atoms with Crippen LogP contribution >= 0.6 is 0 Å². The fourth-order valence-electron chi connectivity index (χ4n) is 2.86. The lowest BCUT2D eigenvalue weighted by Crippen LogP contribution is -2.52. The van der Waals surface area contributed by atoms with Crippen LogP contribution in [0.15, 0.2) is 0 Å². The topological polar surface area (TPSA) is 70.1 Å². The minimum absolute atomic E-state index is 0.0155. The van der Waals surface area contributed by atoms with Crippen LogP contribution < -0.4 is 0 Å². The molecule has 0 aromatic rings. The van der Waals surface area contributed by atoms with Crippen molar-refractivity contribution >= 4 is 12.0 Å². The van der Waals surface area contributed by atoms with Gasteiger partial charge in [0.1, 0.15) is 6.04 Å². The Bertz CT molecular complexity index is 320. The van der Waals surface area contributed by atoms with E-state index in [0.29, 0.717) is 0 Å². The van der Waals surface area contributed by atoms with Gasteiger partial charge < -0.3 is 5.11 Å². The Kier molecular flexibility index (Phi) is 2.75. The summed E-state index contributed by atoms with van der Waals surface area (Å²) in [7, 11) is 2.91. The minimum atomic E-state index is -1.00. The fraction of sp³-hybridized carbons (Fsp3) is 0.800. The van der Waals surface area contributed by atoms with E-state index in [2.05, 4.69) is 0 Å². The smallest absolute Gasteiger partial charge is 0.408 e. The second kappa shape index (κ2) is 3.93. The standard InChI is InChI=1S/C10H16N2O4/c1-11(16-2)9(13)8-6-3-4-7(5-6)12(8)10(14)15/h6-8H,3-5H2,1-2H3,(H,14,15). The average molecular weight is 228 g/mol. The summed E-state index contributed by atoms with van der Waals surface area (Å²) < 4.78 is 0. The van der Waals surface area contributed by atoms with Crippen LogP contribution in [0.2, 0.25) is 0 Å². The van der Waals surface area contributed by atoms with Crippen molar-refractivity contribution < 1.29 is 19.5 Å². The molecule has 0 aromatic heterocycles. The van der Waals surface area contributed by atoms with E-state index in [1.165, 1.54) is 19.1 Å². The van der Waals surface area contributed by atoms with E-state index in [1.807, 2.05) is 0 Å². The number of likely N-dealkylation sites (N-methyl/N-ethyl adjacent to an activating group) is 1. The van der Waals surface area contributed by atoms with Crippen LogP contribution in [-0.4, -0.2) is 53.3 Å². The second-order valence-electron chi connectivity index (χ2n) is 4.38. The maximum atomic E-state index is 12.0. The van der Waals surface area contributed by atoms with Crippen LogP contribution in [0.5, 0.6) is 0 Å². The number of likely N-dealkylation sites (tertiary alicyclic amines) is 1. The highest BCUT2D eigenvalue weighted by Crippen LogP contribution is 2.42. The summed E-state index contributed by atoms with van der Waals surface area (Å²) >= 11 is 0. The molecule has 0 aromatic carbocycles. The summed E-state index contributed by atoms with van der Waals surface area (Å²) in [5.41, 5.74) is 0. The van der Waals surface area contributed by atoms with Gasteiger partial charge in [-0.25, -0.2) is 9.86 Å². The van der Waals surface area contributed by atoms with E-state index in [4.69, 9.17) is 9.94 Å². The van der Waals surface area contributed by atoms with Crippen molar-refractivity contribution in [1.29, 1.82) is 0 Å². The number of piperidine rings is 1. The zero-order valence-corrected chi connectivity index (χ0v) is 9.42. The number of nitrogens with zero attached hydrogens (tertiary/aromatic N) is 2. The van der Waals surface area contributed by atoms with Gasteiger partial charge in [-0.05, 0) is 25.2 Å². The lowest BCUT2D eigenvalue weighted by atomic mass is 9.98. The molecule has 1 heterocycles. The molecule has 6 heteroatoms. The Morgan fingerprint density at radius 3 is 2.69 bits per heavy atom. The maximum Gasteiger partial charge on any atom is 0.408 e. The molecule has 1 aliphatic heterocycles. The number of carboxylic acid groups (broad SMARTS) is 1. The van der Waals surface area contributed by atoms with Gasteiger partial charge in [0.2, 0.25) is 0 Å². The van der Waals surface area contributed by atoms with Gasteiger partial charge in [-0.2, -0.15) is 0 Å². The zero-order valence-electron chi connectivity index (χ0n) is 9.42. The predicted molar refractivity (Wildman–Crippen MR) is 54.6 cm³/mol. The summed E-state index contributed by atoms with van der Waals surface area (Å²) in [6.45, 7) is 0. The van der Waals surface area contributed by atoms with E-state index in [9.17, 15) is 9.59 Å². The summed E-state index contributed by atoms with van der Waals surface area (Å²) in [4.78, 5) is 29.2. The van der Waals surface area contributed by atoms with Crippen LogP contribution in [0, 0.1) is 5.92 Å². The number of hydrogen-bond acceptors (Lipinski definition) is 3. The first-order chi connectivity index (χ1) is 7.56. The summed E-state index contributed by atoms with van der Waals surface area (Å²) in [5, 5.41) is 10.2. The Morgan fingerprint density at radius 1 is 1.44 bits per heavy atom. The molecule has 2 rings (SSSR count). The monoisotopic (exact) mass is 228 g/mol. The molecule has 1 N–H and O–H groups in total. The van der Waals surface area contributed by atoms with Gasteiger partial charge in [-0.3, -0.25) is 14.5 Å². The average Bonchev–Trinajstić information content (AvgIpc) is 2.85. The van der Waals surface area contributed by atoms with Crippen LogP contribution in [0.4, 0.5) is 4.79 Å². The van der Waals surface area contributed by atoms with Gasteiger partial charge >= 0.3 is 6.09 Å². The third kappa shape index (κ3) is 1.53. The molecule has 0 radical (unpaired) electrons. The Balaban J connectivity index is 2.19. The first-order valence-electron chi connectivity index (χ1n) is 5.39. The number of carbonyl (C=O) groups excluding carboxylic acids is 1. The molecule has 0 spiro atoms. The van der Waals surface area contributed by atoms with E-state index in [-0.39, 0.29) is 17.9 Å². The number of hydroxylamine groups is 2. The number of amides is 2. The molecule has 3 unspecified atom stereocenters. The Morgan fingerprint density at radius 2 is 2.12 bits per heavy atom. The third-order valence-electron chi connectivity index (χ3n) is 3.64. The van der Waals surface area contributed by atoms with Crippen molar-refractivity contribution in [3.63, 3.8) is 0 Å². The van der Waals surface area contributed by atoms with Crippen molar-refractivity contribution in [2.45, 2.75) is 31.3 Å². The molecular weight excluding hydrogens is 212 g/mol. The SMILES string of the molecule is CON(C)C(=O)C1C2CCC(C2)N1C(=O)O. The van der Waals surface area contributed by atoms with Gasteiger partial charge in [-0.1, -0.05) is 0 Å². The van der Waals surface area contributed by atoms with Gasteiger partial charge in [0.05, 0.1) is 7.11 Å². The lowest BCUT2D eigenvalue weighted by molar-refractivity contribution is -0.175. The lowest BCUT2D eigenvalue weighted by Gasteiger charge is -2.33. The van der Waals surface area contributed by atoms with Gasteiger partial charge in [0, 0.05) is 13.1 Å². The highest BCUT2D eigenvalue weighted by molar-refractivity contribution is 5.86. The quantitative estimate of drug-likeness (QED) is 0.700. The molecule has 90 valence electrons.